The minimum absolute atomic E-state index is 0.139. The molecule has 8 heteroatoms. The molecule has 1 aromatic carbocycles. The monoisotopic (exact) mass is 325 g/mol. The van der Waals surface area contributed by atoms with Crippen LogP contribution in [-0.2, 0) is 4.79 Å². The topological polar surface area (TPSA) is 146 Å². The Morgan fingerprint density at radius 2 is 1.83 bits per heavy atom. The van der Waals surface area contributed by atoms with Crippen LogP contribution in [0.25, 0.3) is 17.4 Å². The number of primary amides is 1. The molecule has 2 aromatic rings. The average molecular weight is 325 g/mol. The summed E-state index contributed by atoms with van der Waals surface area (Å²) in [7, 11) is 0. The third-order valence-corrected chi connectivity index (χ3v) is 2.93. The van der Waals surface area contributed by atoms with Crippen LogP contribution in [0, 0.1) is 11.3 Å². The second-order valence-corrected chi connectivity index (χ2v) is 4.57. The molecule has 3 amide bonds. The van der Waals surface area contributed by atoms with Crippen molar-refractivity contribution in [2.24, 2.45) is 5.73 Å². The van der Waals surface area contributed by atoms with Crippen LogP contribution in [0.5, 0.6) is 0 Å². The van der Waals surface area contributed by atoms with Crippen LogP contribution >= 0.6 is 0 Å². The summed E-state index contributed by atoms with van der Waals surface area (Å²) in [4.78, 5) is 33.0. The van der Waals surface area contributed by atoms with Gasteiger partial charge in [0.1, 0.15) is 23.2 Å². The summed E-state index contributed by atoms with van der Waals surface area (Å²) < 4.78 is 5.49. The van der Waals surface area contributed by atoms with E-state index in [9.17, 15) is 14.4 Å². The number of furan rings is 1. The molecule has 8 nitrogen and oxygen atoms in total. The highest BCUT2D eigenvalue weighted by molar-refractivity contribution is 6.08. The van der Waals surface area contributed by atoms with E-state index in [4.69, 9.17) is 20.5 Å². The third-order valence-electron chi connectivity index (χ3n) is 2.93. The molecular weight excluding hydrogens is 314 g/mol. The van der Waals surface area contributed by atoms with Gasteiger partial charge in [-0.3, -0.25) is 10.1 Å². The molecule has 0 spiro atoms. The van der Waals surface area contributed by atoms with Crippen molar-refractivity contribution in [1.82, 2.24) is 5.32 Å². The van der Waals surface area contributed by atoms with E-state index in [0.717, 1.165) is 6.08 Å². The molecule has 1 aromatic heterocycles. The second kappa shape index (κ2) is 6.93. The van der Waals surface area contributed by atoms with Crippen LogP contribution in [0.4, 0.5) is 4.79 Å². The van der Waals surface area contributed by atoms with Gasteiger partial charge in [0.2, 0.25) is 0 Å². The van der Waals surface area contributed by atoms with Gasteiger partial charge in [0.25, 0.3) is 5.91 Å². The van der Waals surface area contributed by atoms with Crippen molar-refractivity contribution < 1.29 is 23.9 Å². The second-order valence-electron chi connectivity index (χ2n) is 4.57. The number of nitriles is 1. The molecule has 0 unspecified atom stereocenters. The fourth-order valence-corrected chi connectivity index (χ4v) is 1.83. The van der Waals surface area contributed by atoms with Crippen LogP contribution in [0.15, 0.2) is 46.4 Å². The van der Waals surface area contributed by atoms with Crippen molar-refractivity contribution in [2.45, 2.75) is 0 Å². The number of carbonyl (C=O) groups is 3. The van der Waals surface area contributed by atoms with Gasteiger partial charge in [-0.25, -0.2) is 9.59 Å². The first kappa shape index (κ1) is 16.5. The highest BCUT2D eigenvalue weighted by atomic mass is 16.4. The lowest BCUT2D eigenvalue weighted by Gasteiger charge is -1.99. The van der Waals surface area contributed by atoms with Gasteiger partial charge in [0.05, 0.1) is 5.56 Å². The van der Waals surface area contributed by atoms with E-state index in [2.05, 4.69) is 0 Å². The first-order chi connectivity index (χ1) is 11.4. The Balaban J connectivity index is 2.25. The van der Waals surface area contributed by atoms with Gasteiger partial charge in [-0.15, -0.1) is 0 Å². The molecule has 24 heavy (non-hydrogen) atoms. The molecule has 120 valence electrons. The number of nitrogens with two attached hydrogens (primary N) is 1. The molecular formula is C16H11N3O5. The molecule has 0 aliphatic rings. The number of benzene rings is 1. The minimum atomic E-state index is -1.07. The Morgan fingerprint density at radius 1 is 1.17 bits per heavy atom. The molecule has 0 bridgehead atoms. The summed E-state index contributed by atoms with van der Waals surface area (Å²) >= 11 is 0. The van der Waals surface area contributed by atoms with Crippen molar-refractivity contribution in [1.29, 1.82) is 5.26 Å². The zero-order chi connectivity index (χ0) is 17.7. The summed E-state index contributed by atoms with van der Waals surface area (Å²) in [5.41, 5.74) is 5.23. The highest BCUT2D eigenvalue weighted by Gasteiger charge is 2.12. The maximum absolute atomic E-state index is 11.6. The zero-order valence-electron chi connectivity index (χ0n) is 12.1. The van der Waals surface area contributed by atoms with Crippen LogP contribution in [-0.4, -0.2) is 23.0 Å². The fraction of sp³-hybridized carbons (Fsp3) is 0. The van der Waals surface area contributed by atoms with Gasteiger partial charge in [-0.2, -0.15) is 5.26 Å². The first-order valence-electron chi connectivity index (χ1n) is 6.57. The lowest BCUT2D eigenvalue weighted by atomic mass is 10.1. The quantitative estimate of drug-likeness (QED) is 0.576. The lowest BCUT2D eigenvalue weighted by molar-refractivity contribution is -0.116. The predicted molar refractivity (Wildman–Crippen MR) is 82.4 cm³/mol. The number of hydrogen-bond donors (Lipinski definition) is 3. The Bertz CT molecular complexity index is 872. The summed E-state index contributed by atoms with van der Waals surface area (Å²) in [6.07, 6.45) is 1.16. The number of carbonyl (C=O) groups excluding carboxylic acids is 2. The largest absolute Gasteiger partial charge is 0.478 e. The number of carboxylic acids is 1. The van der Waals surface area contributed by atoms with Gasteiger partial charge < -0.3 is 15.3 Å². The Kier molecular flexibility index (Phi) is 4.77. The van der Waals surface area contributed by atoms with Crippen LogP contribution in [0.1, 0.15) is 16.1 Å². The molecule has 0 saturated carbocycles. The molecule has 0 aliphatic carbocycles. The molecule has 0 saturated heterocycles. The fourth-order valence-electron chi connectivity index (χ4n) is 1.83. The van der Waals surface area contributed by atoms with Gasteiger partial charge in [0, 0.05) is 11.6 Å². The number of amides is 3. The van der Waals surface area contributed by atoms with Crippen LogP contribution in [0.2, 0.25) is 0 Å². The molecule has 0 aliphatic heterocycles. The van der Waals surface area contributed by atoms with Gasteiger partial charge in [0.15, 0.2) is 0 Å². The SMILES string of the molecule is N#C/C(=C/c1ccc(-c2ccc(C(=O)O)cc2)o1)C(=O)NC(N)=O. The summed E-state index contributed by atoms with van der Waals surface area (Å²) in [6, 6.07) is 9.69. The number of imide groups is 1. The normalized spacial score (nSPS) is 10.7. The first-order valence-corrected chi connectivity index (χ1v) is 6.57. The van der Waals surface area contributed by atoms with E-state index in [0.29, 0.717) is 11.3 Å². The van der Waals surface area contributed by atoms with Crippen LogP contribution < -0.4 is 11.1 Å². The molecule has 1 heterocycles. The van der Waals surface area contributed by atoms with E-state index >= 15 is 0 Å². The zero-order valence-corrected chi connectivity index (χ0v) is 12.1. The van der Waals surface area contributed by atoms with Gasteiger partial charge >= 0.3 is 12.0 Å². The Hall–Kier alpha value is -3.86. The number of nitrogens with one attached hydrogen (secondary N) is 1. The van der Waals surface area contributed by atoms with Crippen molar-refractivity contribution in [3.8, 4) is 17.4 Å². The molecule has 4 N–H and O–H groups in total. The maximum atomic E-state index is 11.6. The molecule has 0 fully saturated rings. The Morgan fingerprint density at radius 3 is 2.38 bits per heavy atom. The highest BCUT2D eigenvalue weighted by Crippen LogP contribution is 2.23. The smallest absolute Gasteiger partial charge is 0.335 e. The number of hydrogen-bond acceptors (Lipinski definition) is 5. The summed E-state index contributed by atoms with van der Waals surface area (Å²) in [5, 5.41) is 19.6. The van der Waals surface area contributed by atoms with E-state index in [1.54, 1.807) is 29.6 Å². The number of urea groups is 1. The van der Waals surface area contributed by atoms with E-state index < -0.39 is 17.9 Å². The Labute approximate surface area is 135 Å². The summed E-state index contributed by atoms with van der Waals surface area (Å²) in [6.45, 7) is 0. The van der Waals surface area contributed by atoms with Crippen molar-refractivity contribution in [3.05, 3.63) is 53.3 Å². The maximum Gasteiger partial charge on any atom is 0.335 e. The summed E-state index contributed by atoms with van der Waals surface area (Å²) in [5.74, 6) is -1.34. The predicted octanol–water partition coefficient (Wildman–Crippen LogP) is 1.75. The third kappa shape index (κ3) is 3.86. The van der Waals surface area contributed by atoms with Gasteiger partial charge in [-0.1, -0.05) is 12.1 Å². The van der Waals surface area contributed by atoms with E-state index in [1.165, 1.54) is 18.2 Å². The van der Waals surface area contributed by atoms with Crippen molar-refractivity contribution in [2.75, 3.05) is 0 Å². The number of carboxylic acid groups (broad SMARTS) is 1. The number of rotatable bonds is 4. The molecule has 0 radical (unpaired) electrons. The molecule has 2 rings (SSSR count). The van der Waals surface area contributed by atoms with Gasteiger partial charge in [-0.05, 0) is 24.3 Å². The van der Waals surface area contributed by atoms with Crippen LogP contribution in [0.3, 0.4) is 0 Å². The standard InChI is InChI=1S/C16H11N3O5/c17-8-11(14(20)19-16(18)23)7-12-5-6-13(24-12)9-1-3-10(4-2-9)15(21)22/h1-7H,(H,21,22)(H3,18,19,20,23)/b11-7-. The van der Waals surface area contributed by atoms with E-state index in [-0.39, 0.29) is 16.9 Å². The van der Waals surface area contributed by atoms with Crippen molar-refractivity contribution >= 4 is 24.0 Å². The molecule has 0 atom stereocenters. The minimum Gasteiger partial charge on any atom is -0.478 e. The van der Waals surface area contributed by atoms with E-state index in [1.807, 2.05) is 0 Å². The lowest BCUT2D eigenvalue weighted by Crippen LogP contribution is -2.35. The van der Waals surface area contributed by atoms with Crippen molar-refractivity contribution in [3.63, 3.8) is 0 Å². The number of nitrogens with zero attached hydrogens (tertiary/aromatic N) is 1. The number of aromatic carboxylic acids is 1. The average Bonchev–Trinajstić information content (AvgIpc) is 3.00.